The van der Waals surface area contributed by atoms with Crippen LogP contribution in [0, 0.1) is 5.82 Å². The Kier molecular flexibility index (Phi) is 5.74. The Hall–Kier alpha value is -1.19. The number of hydrogen-bond acceptors (Lipinski definition) is 1. The third kappa shape index (κ3) is 4.43. The lowest BCUT2D eigenvalue weighted by molar-refractivity contribution is 0.521. The van der Waals surface area contributed by atoms with Gasteiger partial charge in [0.2, 0.25) is 0 Å². The van der Waals surface area contributed by atoms with Crippen LogP contribution in [0.5, 0.6) is 0 Å². The molecule has 20 heavy (non-hydrogen) atoms. The molecular weight excluding hydrogens is 317 g/mol. The van der Waals surface area contributed by atoms with Crippen molar-refractivity contribution in [3.8, 4) is 0 Å². The van der Waals surface area contributed by atoms with Crippen LogP contribution in [-0.4, -0.2) is 7.05 Å². The van der Waals surface area contributed by atoms with E-state index in [1.807, 2.05) is 19.2 Å². The Morgan fingerprint density at radius 3 is 2.55 bits per heavy atom. The van der Waals surface area contributed by atoms with Gasteiger partial charge in [-0.05, 0) is 55.6 Å². The van der Waals surface area contributed by atoms with E-state index < -0.39 is 0 Å². The van der Waals surface area contributed by atoms with E-state index in [4.69, 9.17) is 0 Å². The van der Waals surface area contributed by atoms with E-state index >= 15 is 0 Å². The monoisotopic (exact) mass is 335 g/mol. The van der Waals surface area contributed by atoms with Gasteiger partial charge in [0.15, 0.2) is 0 Å². The van der Waals surface area contributed by atoms with E-state index in [2.05, 4.69) is 45.5 Å². The number of benzene rings is 2. The summed E-state index contributed by atoms with van der Waals surface area (Å²) in [5.74, 6) is -0.197. The van der Waals surface area contributed by atoms with E-state index in [-0.39, 0.29) is 11.9 Å². The summed E-state index contributed by atoms with van der Waals surface area (Å²) < 4.78 is 14.2. The summed E-state index contributed by atoms with van der Waals surface area (Å²) in [7, 11) is 1.92. The lowest BCUT2D eigenvalue weighted by Gasteiger charge is -2.17. The highest BCUT2D eigenvalue weighted by Gasteiger charge is 2.11. The Morgan fingerprint density at radius 2 is 1.90 bits per heavy atom. The molecule has 1 atom stereocenters. The molecule has 0 spiro atoms. The number of rotatable bonds is 6. The SMILES string of the molecule is CNC(CCCc1ccccc1)c1cc(F)cc(Br)c1. The summed E-state index contributed by atoms with van der Waals surface area (Å²) in [4.78, 5) is 0. The Labute approximate surface area is 128 Å². The molecule has 0 saturated carbocycles. The minimum atomic E-state index is -0.197. The molecule has 1 unspecified atom stereocenters. The second-order valence-corrected chi connectivity index (χ2v) is 5.84. The zero-order valence-corrected chi connectivity index (χ0v) is 13.2. The summed E-state index contributed by atoms with van der Waals surface area (Å²) in [6, 6.07) is 15.7. The van der Waals surface area contributed by atoms with Gasteiger partial charge in [0.25, 0.3) is 0 Å². The number of hydrogen-bond donors (Lipinski definition) is 1. The molecule has 0 amide bonds. The highest BCUT2D eigenvalue weighted by Crippen LogP contribution is 2.24. The molecular formula is C17H19BrFN. The first kappa shape index (κ1) is 15.2. The van der Waals surface area contributed by atoms with Gasteiger partial charge in [-0.2, -0.15) is 0 Å². The summed E-state index contributed by atoms with van der Waals surface area (Å²) in [5.41, 5.74) is 2.34. The van der Waals surface area contributed by atoms with Crippen molar-refractivity contribution in [1.29, 1.82) is 0 Å². The molecule has 1 nitrogen and oxygen atoms in total. The second kappa shape index (κ2) is 7.55. The van der Waals surface area contributed by atoms with Crippen LogP contribution in [0.15, 0.2) is 53.0 Å². The molecule has 0 heterocycles. The normalized spacial score (nSPS) is 12.3. The molecule has 0 aliphatic carbocycles. The van der Waals surface area contributed by atoms with Gasteiger partial charge in [0.05, 0.1) is 0 Å². The summed E-state index contributed by atoms with van der Waals surface area (Å²) in [6.45, 7) is 0. The predicted molar refractivity (Wildman–Crippen MR) is 85.3 cm³/mol. The zero-order chi connectivity index (χ0) is 14.4. The molecule has 3 heteroatoms. The van der Waals surface area contributed by atoms with E-state index in [0.717, 1.165) is 29.3 Å². The molecule has 0 radical (unpaired) electrons. The Balaban J connectivity index is 1.95. The average Bonchev–Trinajstić information content (AvgIpc) is 2.43. The molecule has 2 aromatic rings. The lowest BCUT2D eigenvalue weighted by Crippen LogP contribution is -2.16. The number of aryl methyl sites for hydroxylation is 1. The number of halogens is 2. The van der Waals surface area contributed by atoms with Gasteiger partial charge in [-0.1, -0.05) is 46.3 Å². The van der Waals surface area contributed by atoms with Gasteiger partial charge in [-0.25, -0.2) is 4.39 Å². The summed E-state index contributed by atoms with van der Waals surface area (Å²) >= 11 is 3.35. The lowest BCUT2D eigenvalue weighted by atomic mass is 9.99. The maximum Gasteiger partial charge on any atom is 0.124 e. The maximum atomic E-state index is 13.5. The van der Waals surface area contributed by atoms with Crippen molar-refractivity contribution in [3.63, 3.8) is 0 Å². The van der Waals surface area contributed by atoms with Gasteiger partial charge in [-0.15, -0.1) is 0 Å². The molecule has 1 N–H and O–H groups in total. The minimum Gasteiger partial charge on any atom is -0.313 e. The topological polar surface area (TPSA) is 12.0 Å². The third-order valence-electron chi connectivity index (χ3n) is 3.44. The van der Waals surface area contributed by atoms with E-state index in [9.17, 15) is 4.39 Å². The first-order valence-electron chi connectivity index (χ1n) is 6.86. The Bertz CT molecular complexity index is 522. The highest BCUT2D eigenvalue weighted by atomic mass is 79.9. The molecule has 2 aromatic carbocycles. The van der Waals surface area contributed by atoms with Crippen molar-refractivity contribution < 1.29 is 4.39 Å². The quantitative estimate of drug-likeness (QED) is 0.793. The molecule has 106 valence electrons. The van der Waals surface area contributed by atoms with Crippen molar-refractivity contribution in [2.45, 2.75) is 25.3 Å². The fourth-order valence-electron chi connectivity index (χ4n) is 2.41. The van der Waals surface area contributed by atoms with Crippen LogP contribution in [0.1, 0.15) is 30.0 Å². The van der Waals surface area contributed by atoms with Crippen LogP contribution in [0.2, 0.25) is 0 Å². The Morgan fingerprint density at radius 1 is 1.15 bits per heavy atom. The first-order chi connectivity index (χ1) is 9.69. The largest absolute Gasteiger partial charge is 0.313 e. The molecule has 0 saturated heterocycles. The van der Waals surface area contributed by atoms with Crippen LogP contribution in [0.25, 0.3) is 0 Å². The van der Waals surface area contributed by atoms with Gasteiger partial charge in [0.1, 0.15) is 5.82 Å². The van der Waals surface area contributed by atoms with Crippen LogP contribution in [-0.2, 0) is 6.42 Å². The van der Waals surface area contributed by atoms with Crippen LogP contribution in [0.3, 0.4) is 0 Å². The van der Waals surface area contributed by atoms with Gasteiger partial charge >= 0.3 is 0 Å². The molecule has 0 aromatic heterocycles. The van der Waals surface area contributed by atoms with E-state index in [0.29, 0.717) is 0 Å². The van der Waals surface area contributed by atoms with Crippen molar-refractivity contribution in [2.75, 3.05) is 7.05 Å². The van der Waals surface area contributed by atoms with Gasteiger partial charge in [-0.3, -0.25) is 0 Å². The smallest absolute Gasteiger partial charge is 0.124 e. The van der Waals surface area contributed by atoms with Gasteiger partial charge in [0, 0.05) is 10.5 Å². The molecule has 2 rings (SSSR count). The summed E-state index contributed by atoms with van der Waals surface area (Å²) in [5, 5.41) is 3.27. The van der Waals surface area contributed by atoms with Crippen molar-refractivity contribution in [2.24, 2.45) is 0 Å². The predicted octanol–water partition coefficient (Wildman–Crippen LogP) is 4.87. The van der Waals surface area contributed by atoms with Crippen LogP contribution < -0.4 is 5.32 Å². The molecule has 0 bridgehead atoms. The minimum absolute atomic E-state index is 0.186. The molecule has 0 fully saturated rings. The zero-order valence-electron chi connectivity index (χ0n) is 11.6. The van der Waals surface area contributed by atoms with Crippen LogP contribution in [0.4, 0.5) is 4.39 Å². The summed E-state index contributed by atoms with van der Waals surface area (Å²) in [6.07, 6.45) is 3.11. The second-order valence-electron chi connectivity index (χ2n) is 4.92. The van der Waals surface area contributed by atoms with Gasteiger partial charge < -0.3 is 5.32 Å². The van der Waals surface area contributed by atoms with E-state index in [1.165, 1.54) is 11.6 Å². The van der Waals surface area contributed by atoms with Crippen LogP contribution >= 0.6 is 15.9 Å². The number of nitrogens with one attached hydrogen (secondary N) is 1. The van der Waals surface area contributed by atoms with E-state index in [1.54, 1.807) is 6.07 Å². The van der Waals surface area contributed by atoms with Crippen molar-refractivity contribution >= 4 is 15.9 Å². The standard InChI is InChI=1S/C17H19BrFN/c1-20-17(14-10-15(18)12-16(19)11-14)9-5-8-13-6-3-2-4-7-13/h2-4,6-7,10-12,17,20H,5,8-9H2,1H3. The maximum absolute atomic E-state index is 13.5. The first-order valence-corrected chi connectivity index (χ1v) is 7.65. The average molecular weight is 336 g/mol. The van der Waals surface area contributed by atoms with Crippen molar-refractivity contribution in [1.82, 2.24) is 5.32 Å². The van der Waals surface area contributed by atoms with Crippen molar-refractivity contribution in [3.05, 3.63) is 69.9 Å². The third-order valence-corrected chi connectivity index (χ3v) is 3.89. The fourth-order valence-corrected chi connectivity index (χ4v) is 2.89. The fraction of sp³-hybridized carbons (Fsp3) is 0.294. The molecule has 0 aliphatic rings. The highest BCUT2D eigenvalue weighted by molar-refractivity contribution is 9.10. The molecule has 0 aliphatic heterocycles.